The van der Waals surface area contributed by atoms with Gasteiger partial charge < -0.3 is 10.4 Å². The van der Waals surface area contributed by atoms with Crippen LogP contribution >= 0.6 is 0 Å². The minimum Gasteiger partial charge on any atom is -0.481 e. The van der Waals surface area contributed by atoms with Crippen molar-refractivity contribution in [3.05, 3.63) is 29.6 Å². The molecule has 0 aromatic carbocycles. The van der Waals surface area contributed by atoms with Crippen molar-refractivity contribution in [3.8, 4) is 0 Å². The number of aliphatic carboxylic acids is 1. The molecule has 1 aliphatic rings. The third kappa shape index (κ3) is 2.52. The van der Waals surface area contributed by atoms with Gasteiger partial charge in [-0.15, -0.1) is 0 Å². The summed E-state index contributed by atoms with van der Waals surface area (Å²) in [5.41, 5.74) is 1.12. The molecular weight excluding hydrogens is 222 g/mol. The van der Waals surface area contributed by atoms with Crippen molar-refractivity contribution >= 4 is 11.9 Å². The lowest BCUT2D eigenvalue weighted by Crippen LogP contribution is -2.33. The molecule has 17 heavy (non-hydrogen) atoms. The van der Waals surface area contributed by atoms with E-state index < -0.39 is 11.9 Å². The summed E-state index contributed by atoms with van der Waals surface area (Å²) < 4.78 is 0. The van der Waals surface area contributed by atoms with Crippen molar-refractivity contribution < 1.29 is 14.7 Å². The predicted molar refractivity (Wildman–Crippen MR) is 59.5 cm³/mol. The maximum Gasteiger partial charge on any atom is 0.310 e. The number of amides is 1. The zero-order chi connectivity index (χ0) is 12.4. The molecule has 0 saturated carbocycles. The van der Waals surface area contributed by atoms with Crippen LogP contribution in [0.5, 0.6) is 0 Å². The van der Waals surface area contributed by atoms with Crippen LogP contribution in [0, 0.1) is 12.8 Å². The Hall–Kier alpha value is -2.11. The number of carbonyl (C=O) groups excluding carboxylic acids is 1. The molecule has 2 atom stereocenters. The van der Waals surface area contributed by atoms with E-state index in [0.717, 1.165) is 5.69 Å². The summed E-state index contributed by atoms with van der Waals surface area (Å²) in [7, 11) is 0. The highest BCUT2D eigenvalue weighted by molar-refractivity contribution is 5.92. The van der Waals surface area contributed by atoms with Crippen LogP contribution in [0.25, 0.3) is 0 Å². The SMILES string of the molecule is Cc1cc(C(=O)NC2C=CC(C(=O)O)C2)n[nH]1. The highest BCUT2D eigenvalue weighted by atomic mass is 16.4. The fourth-order valence-electron chi connectivity index (χ4n) is 1.77. The summed E-state index contributed by atoms with van der Waals surface area (Å²) in [6, 6.07) is 1.41. The van der Waals surface area contributed by atoms with Crippen molar-refractivity contribution in [2.75, 3.05) is 0 Å². The molecule has 1 heterocycles. The maximum absolute atomic E-state index is 11.7. The summed E-state index contributed by atoms with van der Waals surface area (Å²) in [6.45, 7) is 1.81. The first-order chi connectivity index (χ1) is 8.06. The summed E-state index contributed by atoms with van der Waals surface area (Å²) in [6.07, 6.45) is 3.70. The fraction of sp³-hybridized carbons (Fsp3) is 0.364. The highest BCUT2D eigenvalue weighted by Gasteiger charge is 2.25. The van der Waals surface area contributed by atoms with E-state index in [0.29, 0.717) is 12.1 Å². The van der Waals surface area contributed by atoms with Crippen molar-refractivity contribution in [1.82, 2.24) is 15.5 Å². The summed E-state index contributed by atoms with van der Waals surface area (Å²) in [4.78, 5) is 22.4. The standard InChI is InChI=1S/C11H13N3O3/c1-6-4-9(14-13-6)10(15)12-8-3-2-7(5-8)11(16)17/h2-4,7-8H,5H2,1H3,(H,12,15)(H,13,14)(H,16,17). The predicted octanol–water partition coefficient (Wildman–Crippen LogP) is 0.477. The number of nitrogens with zero attached hydrogens (tertiary/aromatic N) is 1. The molecule has 6 nitrogen and oxygen atoms in total. The molecule has 1 aromatic heterocycles. The number of aromatic nitrogens is 2. The number of rotatable bonds is 3. The van der Waals surface area contributed by atoms with Crippen LogP contribution in [0.3, 0.4) is 0 Å². The first kappa shape index (κ1) is 11.4. The van der Waals surface area contributed by atoms with E-state index in [2.05, 4.69) is 15.5 Å². The summed E-state index contributed by atoms with van der Waals surface area (Å²) in [5, 5.41) is 18.0. The van der Waals surface area contributed by atoms with Gasteiger partial charge in [0.25, 0.3) is 5.91 Å². The molecule has 0 radical (unpaired) electrons. The van der Waals surface area contributed by atoms with Crippen LogP contribution in [0.2, 0.25) is 0 Å². The molecule has 0 saturated heterocycles. The average Bonchev–Trinajstić information content (AvgIpc) is 2.86. The quantitative estimate of drug-likeness (QED) is 0.664. The maximum atomic E-state index is 11.7. The lowest BCUT2D eigenvalue weighted by Gasteiger charge is -2.10. The van der Waals surface area contributed by atoms with Crippen LogP contribution in [0.4, 0.5) is 0 Å². The van der Waals surface area contributed by atoms with E-state index in [9.17, 15) is 9.59 Å². The first-order valence-electron chi connectivity index (χ1n) is 5.30. The normalized spacial score (nSPS) is 22.6. The van der Waals surface area contributed by atoms with Gasteiger partial charge in [-0.1, -0.05) is 12.2 Å². The Morgan fingerprint density at radius 3 is 2.82 bits per heavy atom. The van der Waals surface area contributed by atoms with E-state index >= 15 is 0 Å². The van der Waals surface area contributed by atoms with Gasteiger partial charge in [-0.2, -0.15) is 5.10 Å². The third-order valence-corrected chi connectivity index (χ3v) is 2.66. The largest absolute Gasteiger partial charge is 0.481 e. The molecule has 6 heteroatoms. The van der Waals surface area contributed by atoms with Gasteiger partial charge in [0.2, 0.25) is 0 Å². The molecule has 1 aliphatic carbocycles. The van der Waals surface area contributed by atoms with Crippen molar-refractivity contribution in [2.24, 2.45) is 5.92 Å². The van der Waals surface area contributed by atoms with Crippen molar-refractivity contribution in [3.63, 3.8) is 0 Å². The lowest BCUT2D eigenvalue weighted by molar-refractivity contribution is -0.140. The second-order valence-corrected chi connectivity index (χ2v) is 4.08. The van der Waals surface area contributed by atoms with Gasteiger partial charge in [0.15, 0.2) is 0 Å². The molecule has 3 N–H and O–H groups in total. The van der Waals surface area contributed by atoms with Crippen LogP contribution in [-0.2, 0) is 4.79 Å². The Balaban J connectivity index is 1.93. The number of carbonyl (C=O) groups is 2. The zero-order valence-electron chi connectivity index (χ0n) is 9.30. The average molecular weight is 235 g/mol. The molecular formula is C11H13N3O3. The van der Waals surface area contributed by atoms with Crippen LogP contribution < -0.4 is 5.32 Å². The minimum absolute atomic E-state index is 0.236. The van der Waals surface area contributed by atoms with Gasteiger partial charge in [0.05, 0.1) is 5.92 Å². The lowest BCUT2D eigenvalue weighted by atomic mass is 10.1. The highest BCUT2D eigenvalue weighted by Crippen LogP contribution is 2.18. The van der Waals surface area contributed by atoms with Crippen molar-refractivity contribution in [2.45, 2.75) is 19.4 Å². The van der Waals surface area contributed by atoms with Crippen LogP contribution in [0.15, 0.2) is 18.2 Å². The van der Waals surface area contributed by atoms with Gasteiger partial charge in [-0.05, 0) is 19.4 Å². The number of aryl methyl sites for hydroxylation is 1. The van der Waals surface area contributed by atoms with Gasteiger partial charge in [-0.3, -0.25) is 14.7 Å². The van der Waals surface area contributed by atoms with Crippen molar-refractivity contribution in [1.29, 1.82) is 0 Å². The third-order valence-electron chi connectivity index (χ3n) is 2.66. The zero-order valence-corrected chi connectivity index (χ0v) is 9.30. The Morgan fingerprint density at radius 2 is 2.29 bits per heavy atom. The number of carboxylic acids is 1. The second kappa shape index (κ2) is 4.40. The Morgan fingerprint density at radius 1 is 1.53 bits per heavy atom. The first-order valence-corrected chi connectivity index (χ1v) is 5.30. The molecule has 1 amide bonds. The van der Waals surface area contributed by atoms with Gasteiger partial charge >= 0.3 is 5.97 Å². The van der Waals surface area contributed by atoms with Crippen LogP contribution in [-0.4, -0.2) is 33.2 Å². The van der Waals surface area contributed by atoms with Gasteiger partial charge in [0.1, 0.15) is 5.69 Å². The van der Waals surface area contributed by atoms with E-state index in [1.807, 2.05) is 0 Å². The summed E-state index contributed by atoms with van der Waals surface area (Å²) in [5.74, 6) is -1.68. The second-order valence-electron chi connectivity index (χ2n) is 4.08. The monoisotopic (exact) mass is 235 g/mol. The molecule has 90 valence electrons. The molecule has 0 spiro atoms. The smallest absolute Gasteiger partial charge is 0.310 e. The van der Waals surface area contributed by atoms with E-state index in [4.69, 9.17) is 5.11 Å². The fourth-order valence-corrected chi connectivity index (χ4v) is 1.77. The number of aromatic amines is 1. The topological polar surface area (TPSA) is 95.1 Å². The number of H-pyrrole nitrogens is 1. The molecule has 0 bridgehead atoms. The summed E-state index contributed by atoms with van der Waals surface area (Å²) >= 11 is 0. The number of hydrogen-bond donors (Lipinski definition) is 3. The number of nitrogens with one attached hydrogen (secondary N) is 2. The minimum atomic E-state index is -0.867. The molecule has 0 aliphatic heterocycles. The number of hydrogen-bond acceptors (Lipinski definition) is 3. The van der Waals surface area contributed by atoms with Crippen LogP contribution in [0.1, 0.15) is 22.6 Å². The van der Waals surface area contributed by atoms with E-state index in [1.165, 1.54) is 0 Å². The molecule has 1 aromatic rings. The Labute approximate surface area is 97.7 Å². The Bertz CT molecular complexity index is 478. The molecule has 2 rings (SSSR count). The van der Waals surface area contributed by atoms with E-state index in [1.54, 1.807) is 25.1 Å². The molecule has 0 fully saturated rings. The Kier molecular flexibility index (Phi) is 2.95. The number of carboxylic acid groups (broad SMARTS) is 1. The molecule has 2 unspecified atom stereocenters. The van der Waals surface area contributed by atoms with E-state index in [-0.39, 0.29) is 11.9 Å². The van der Waals surface area contributed by atoms with Gasteiger partial charge in [0, 0.05) is 11.7 Å². The van der Waals surface area contributed by atoms with Gasteiger partial charge in [-0.25, -0.2) is 0 Å².